The van der Waals surface area contributed by atoms with E-state index in [4.69, 9.17) is 11.6 Å². The van der Waals surface area contributed by atoms with Crippen molar-refractivity contribution in [3.8, 4) is 0 Å². The standard InChI is InChI=1S/C13H13BrClNO2S2/c1-2-10-4-5-11(19-10)8-16-20(17,18)13-6-3-9(14)7-12(13)15/h3-7,16H,2,8H2,1H3. The minimum Gasteiger partial charge on any atom is -0.207 e. The second-order valence-corrected chi connectivity index (χ2v) is 8.43. The van der Waals surface area contributed by atoms with E-state index < -0.39 is 10.0 Å². The maximum Gasteiger partial charge on any atom is 0.242 e. The number of aryl methyl sites for hydroxylation is 1. The highest BCUT2D eigenvalue weighted by molar-refractivity contribution is 9.10. The Hall–Kier alpha value is -0.400. The lowest BCUT2D eigenvalue weighted by molar-refractivity contribution is 0.582. The molecule has 0 bridgehead atoms. The monoisotopic (exact) mass is 393 g/mol. The maximum atomic E-state index is 12.2. The third-order valence-corrected chi connectivity index (χ3v) is 6.29. The molecular formula is C13H13BrClNO2S2. The molecule has 0 saturated carbocycles. The first kappa shape index (κ1) is 16.0. The molecular weight excluding hydrogens is 382 g/mol. The summed E-state index contributed by atoms with van der Waals surface area (Å²) in [7, 11) is -3.60. The van der Waals surface area contributed by atoms with Gasteiger partial charge in [-0.25, -0.2) is 13.1 Å². The molecule has 2 aromatic rings. The normalized spacial score (nSPS) is 11.8. The predicted octanol–water partition coefficient (Wildman–Crippen LogP) is 4.20. The van der Waals surface area contributed by atoms with Crippen LogP contribution in [0.4, 0.5) is 0 Å². The second-order valence-electron chi connectivity index (χ2n) is 4.12. The Morgan fingerprint density at radius 3 is 2.55 bits per heavy atom. The van der Waals surface area contributed by atoms with Gasteiger partial charge in [-0.3, -0.25) is 0 Å². The van der Waals surface area contributed by atoms with Gasteiger partial charge in [0.05, 0.1) is 5.02 Å². The number of thiophene rings is 1. The van der Waals surface area contributed by atoms with Crippen molar-refractivity contribution in [1.29, 1.82) is 0 Å². The van der Waals surface area contributed by atoms with Gasteiger partial charge >= 0.3 is 0 Å². The average molecular weight is 395 g/mol. The van der Waals surface area contributed by atoms with E-state index in [1.54, 1.807) is 23.5 Å². The molecule has 1 aromatic carbocycles. The molecule has 0 aliphatic rings. The lowest BCUT2D eigenvalue weighted by atomic mass is 10.4. The fourth-order valence-corrected chi connectivity index (χ4v) is 4.68. The molecule has 0 amide bonds. The Kier molecular flexibility index (Phi) is 5.25. The molecule has 1 heterocycles. The Labute approximate surface area is 136 Å². The zero-order chi connectivity index (χ0) is 14.8. The number of benzene rings is 1. The minimum absolute atomic E-state index is 0.0923. The lowest BCUT2D eigenvalue weighted by Crippen LogP contribution is -2.23. The van der Waals surface area contributed by atoms with Crippen LogP contribution in [0.3, 0.4) is 0 Å². The van der Waals surface area contributed by atoms with Crippen LogP contribution < -0.4 is 4.72 Å². The van der Waals surface area contributed by atoms with Gasteiger partial charge in [0.15, 0.2) is 0 Å². The molecule has 20 heavy (non-hydrogen) atoms. The van der Waals surface area contributed by atoms with Crippen LogP contribution in [0.25, 0.3) is 0 Å². The molecule has 2 rings (SSSR count). The summed E-state index contributed by atoms with van der Waals surface area (Å²) < 4.78 is 27.7. The Bertz CT molecular complexity index is 713. The first-order valence-corrected chi connectivity index (χ1v) is 9.41. The summed E-state index contributed by atoms with van der Waals surface area (Å²) in [6.07, 6.45) is 0.954. The Morgan fingerprint density at radius 1 is 1.25 bits per heavy atom. The smallest absolute Gasteiger partial charge is 0.207 e. The van der Waals surface area contributed by atoms with Crippen molar-refractivity contribution in [2.75, 3.05) is 0 Å². The van der Waals surface area contributed by atoms with Crippen LogP contribution in [0.2, 0.25) is 5.02 Å². The molecule has 0 saturated heterocycles. The van der Waals surface area contributed by atoms with Crippen molar-refractivity contribution in [2.45, 2.75) is 24.8 Å². The van der Waals surface area contributed by atoms with E-state index in [0.29, 0.717) is 0 Å². The van der Waals surface area contributed by atoms with E-state index in [0.717, 1.165) is 15.8 Å². The fourth-order valence-electron chi connectivity index (χ4n) is 1.64. The summed E-state index contributed by atoms with van der Waals surface area (Å²) in [5.41, 5.74) is 0. The van der Waals surface area contributed by atoms with Crippen LogP contribution >= 0.6 is 38.9 Å². The highest BCUT2D eigenvalue weighted by atomic mass is 79.9. The fraction of sp³-hybridized carbons (Fsp3) is 0.231. The Morgan fingerprint density at radius 2 is 1.95 bits per heavy atom. The van der Waals surface area contributed by atoms with Crippen molar-refractivity contribution < 1.29 is 8.42 Å². The Balaban J connectivity index is 2.14. The molecule has 108 valence electrons. The van der Waals surface area contributed by atoms with E-state index in [-0.39, 0.29) is 16.5 Å². The van der Waals surface area contributed by atoms with E-state index >= 15 is 0 Å². The van der Waals surface area contributed by atoms with Crippen molar-refractivity contribution in [2.24, 2.45) is 0 Å². The summed E-state index contributed by atoms with van der Waals surface area (Å²) >= 11 is 10.8. The van der Waals surface area contributed by atoms with Crippen LogP contribution in [-0.4, -0.2) is 8.42 Å². The summed E-state index contributed by atoms with van der Waals surface area (Å²) in [6.45, 7) is 2.35. The molecule has 0 spiro atoms. The topological polar surface area (TPSA) is 46.2 Å². The van der Waals surface area contributed by atoms with Gasteiger partial charge in [0.25, 0.3) is 0 Å². The first-order chi connectivity index (χ1) is 9.42. The van der Waals surface area contributed by atoms with Gasteiger partial charge in [-0.2, -0.15) is 0 Å². The lowest BCUT2D eigenvalue weighted by Gasteiger charge is -2.07. The van der Waals surface area contributed by atoms with Crippen molar-refractivity contribution >= 4 is 48.9 Å². The van der Waals surface area contributed by atoms with Gasteiger partial charge in [-0.15, -0.1) is 11.3 Å². The van der Waals surface area contributed by atoms with Crippen molar-refractivity contribution in [3.05, 3.63) is 49.6 Å². The molecule has 3 nitrogen and oxygen atoms in total. The van der Waals surface area contributed by atoms with Crippen molar-refractivity contribution in [3.63, 3.8) is 0 Å². The summed E-state index contributed by atoms with van der Waals surface area (Å²) in [4.78, 5) is 2.31. The second kappa shape index (κ2) is 6.58. The summed E-state index contributed by atoms with van der Waals surface area (Å²) in [6, 6.07) is 8.66. The number of hydrogen-bond acceptors (Lipinski definition) is 3. The van der Waals surface area contributed by atoms with Gasteiger partial charge in [0.1, 0.15) is 4.90 Å². The molecule has 0 fully saturated rings. The maximum absolute atomic E-state index is 12.2. The molecule has 0 aliphatic carbocycles. The number of sulfonamides is 1. The zero-order valence-electron chi connectivity index (χ0n) is 10.7. The van der Waals surface area contributed by atoms with Gasteiger partial charge < -0.3 is 0 Å². The number of rotatable bonds is 5. The van der Waals surface area contributed by atoms with Crippen LogP contribution in [0.5, 0.6) is 0 Å². The summed E-state index contributed by atoms with van der Waals surface area (Å²) in [5.74, 6) is 0. The van der Waals surface area contributed by atoms with E-state index in [1.807, 2.05) is 12.1 Å². The SMILES string of the molecule is CCc1ccc(CNS(=O)(=O)c2ccc(Br)cc2Cl)s1. The van der Waals surface area contributed by atoms with Gasteiger partial charge in [-0.1, -0.05) is 34.5 Å². The largest absolute Gasteiger partial charge is 0.242 e. The molecule has 7 heteroatoms. The molecule has 0 atom stereocenters. The minimum atomic E-state index is -3.60. The van der Waals surface area contributed by atoms with Gasteiger partial charge in [-0.05, 0) is 36.8 Å². The number of halogens is 2. The van der Waals surface area contributed by atoms with E-state index in [2.05, 4.69) is 27.6 Å². The van der Waals surface area contributed by atoms with Crippen LogP contribution in [0.1, 0.15) is 16.7 Å². The van der Waals surface area contributed by atoms with Crippen LogP contribution in [0.15, 0.2) is 39.7 Å². The van der Waals surface area contributed by atoms with Crippen LogP contribution in [-0.2, 0) is 23.0 Å². The molecule has 0 aliphatic heterocycles. The predicted molar refractivity (Wildman–Crippen MR) is 86.9 cm³/mol. The van der Waals surface area contributed by atoms with Gasteiger partial charge in [0.2, 0.25) is 10.0 Å². The number of nitrogens with one attached hydrogen (secondary N) is 1. The molecule has 1 N–H and O–H groups in total. The quantitative estimate of drug-likeness (QED) is 0.826. The number of hydrogen-bond donors (Lipinski definition) is 1. The van der Waals surface area contributed by atoms with Gasteiger partial charge in [0, 0.05) is 20.8 Å². The molecule has 0 radical (unpaired) electrons. The third-order valence-electron chi connectivity index (χ3n) is 2.69. The van der Waals surface area contributed by atoms with Crippen LogP contribution in [0, 0.1) is 0 Å². The van der Waals surface area contributed by atoms with E-state index in [1.165, 1.54) is 10.9 Å². The third kappa shape index (κ3) is 3.83. The zero-order valence-corrected chi connectivity index (χ0v) is 14.7. The summed E-state index contributed by atoms with van der Waals surface area (Å²) in [5, 5.41) is 0.201. The highest BCUT2D eigenvalue weighted by Gasteiger charge is 2.18. The first-order valence-electron chi connectivity index (χ1n) is 5.94. The van der Waals surface area contributed by atoms with E-state index in [9.17, 15) is 8.42 Å². The molecule has 0 unspecified atom stereocenters. The highest BCUT2D eigenvalue weighted by Crippen LogP contribution is 2.25. The van der Waals surface area contributed by atoms with Crippen molar-refractivity contribution in [1.82, 2.24) is 4.72 Å². The molecule has 1 aromatic heterocycles. The average Bonchev–Trinajstić information content (AvgIpc) is 2.84.